The summed E-state index contributed by atoms with van der Waals surface area (Å²) in [7, 11) is 1.62. The highest BCUT2D eigenvalue weighted by molar-refractivity contribution is 6.30. The van der Waals surface area contributed by atoms with Gasteiger partial charge in [0.25, 0.3) is 0 Å². The zero-order valence-corrected chi connectivity index (χ0v) is 25.0. The fraction of sp³-hybridized carbons (Fsp3) is 0.312. The Bertz CT molecular complexity index is 1540. The van der Waals surface area contributed by atoms with Gasteiger partial charge in [0.15, 0.2) is 0 Å². The highest BCUT2D eigenvalue weighted by Gasteiger charge is 2.29. The predicted molar refractivity (Wildman–Crippen MR) is 162 cm³/mol. The molecular weight excluding hydrogens is 554 g/mol. The van der Waals surface area contributed by atoms with E-state index in [9.17, 15) is 9.59 Å². The number of rotatable bonds is 6. The molecule has 42 heavy (non-hydrogen) atoms. The number of aromatic nitrogens is 3. The molecule has 9 nitrogen and oxygen atoms in total. The number of amides is 2. The van der Waals surface area contributed by atoms with Crippen molar-refractivity contribution in [3.8, 4) is 39.7 Å². The molecule has 1 aliphatic rings. The monoisotopic (exact) mass is 587 g/mol. The minimum atomic E-state index is -0.575. The first kappa shape index (κ1) is 29.1. The van der Waals surface area contributed by atoms with E-state index in [1.165, 1.54) is 0 Å². The lowest BCUT2D eigenvalue weighted by molar-refractivity contribution is -0.133. The molecule has 0 N–H and O–H groups in total. The van der Waals surface area contributed by atoms with E-state index in [1.807, 2.05) is 86.0 Å². The van der Waals surface area contributed by atoms with Crippen molar-refractivity contribution in [2.75, 3.05) is 33.3 Å². The van der Waals surface area contributed by atoms with Gasteiger partial charge in [-0.2, -0.15) is 0 Å². The smallest absolute Gasteiger partial charge is 0.410 e. The number of halogens is 1. The molecule has 1 fully saturated rings. The summed E-state index contributed by atoms with van der Waals surface area (Å²) in [5.41, 5.74) is 3.54. The molecule has 0 saturated carbocycles. The molecule has 4 aromatic rings. The van der Waals surface area contributed by atoms with Crippen molar-refractivity contribution < 1.29 is 19.1 Å². The maximum Gasteiger partial charge on any atom is 0.410 e. The second kappa shape index (κ2) is 12.2. The molecule has 1 aliphatic heterocycles. The standard InChI is InChI=1S/C32H34ClN5O4/c1-32(2,3)42-31(40)37-19-17-36(18-20-37)27(39)21-38-29(23-13-15-34-16-14-23)28(22-5-9-25(33)10-6-22)35-30(38)24-7-11-26(41-4)12-8-24/h5-16H,17-21H2,1-4H3. The van der Waals surface area contributed by atoms with Crippen molar-refractivity contribution in [1.82, 2.24) is 24.3 Å². The third kappa shape index (κ3) is 6.57. The molecule has 0 radical (unpaired) electrons. The third-order valence-corrected chi connectivity index (χ3v) is 7.22. The van der Waals surface area contributed by atoms with Crippen molar-refractivity contribution in [3.05, 3.63) is 78.1 Å². The van der Waals surface area contributed by atoms with Crippen LogP contribution in [0.3, 0.4) is 0 Å². The number of imidazole rings is 1. The van der Waals surface area contributed by atoms with Crippen LogP contribution in [0.15, 0.2) is 73.1 Å². The summed E-state index contributed by atoms with van der Waals surface area (Å²) in [4.78, 5) is 39.1. The Morgan fingerprint density at radius 3 is 2.02 bits per heavy atom. The van der Waals surface area contributed by atoms with Crippen LogP contribution in [-0.2, 0) is 16.1 Å². The maximum atomic E-state index is 13.8. The number of hydrogen-bond acceptors (Lipinski definition) is 6. The summed E-state index contributed by atoms with van der Waals surface area (Å²) in [6, 6.07) is 18.9. The van der Waals surface area contributed by atoms with Gasteiger partial charge in [-0.1, -0.05) is 23.7 Å². The molecule has 218 valence electrons. The van der Waals surface area contributed by atoms with Gasteiger partial charge in [-0.25, -0.2) is 9.78 Å². The Labute approximate surface area is 250 Å². The first-order valence-electron chi connectivity index (χ1n) is 13.8. The molecule has 0 unspecified atom stereocenters. The summed E-state index contributed by atoms with van der Waals surface area (Å²) in [5, 5.41) is 0.625. The number of hydrogen-bond donors (Lipinski definition) is 0. The number of methoxy groups -OCH3 is 1. The number of nitrogens with zero attached hydrogens (tertiary/aromatic N) is 5. The maximum absolute atomic E-state index is 13.8. The van der Waals surface area contributed by atoms with E-state index in [4.69, 9.17) is 26.1 Å². The first-order chi connectivity index (χ1) is 20.1. The van der Waals surface area contributed by atoms with E-state index in [1.54, 1.807) is 29.3 Å². The summed E-state index contributed by atoms with van der Waals surface area (Å²) >= 11 is 6.20. The summed E-state index contributed by atoms with van der Waals surface area (Å²) in [6.45, 7) is 7.23. The fourth-order valence-electron chi connectivity index (χ4n) is 4.88. The number of carbonyl (C=O) groups is 2. The SMILES string of the molecule is COc1ccc(-c2nc(-c3ccc(Cl)cc3)c(-c3ccncc3)n2CC(=O)N2CCN(C(=O)OC(C)(C)C)CC2)cc1. The Hall–Kier alpha value is -4.37. The molecule has 5 rings (SSSR count). The predicted octanol–water partition coefficient (Wildman–Crippen LogP) is 6.02. The largest absolute Gasteiger partial charge is 0.497 e. The van der Waals surface area contributed by atoms with Crippen LogP contribution in [0, 0.1) is 0 Å². The van der Waals surface area contributed by atoms with Gasteiger partial charge >= 0.3 is 6.09 Å². The number of ether oxygens (including phenoxy) is 2. The van der Waals surface area contributed by atoms with Crippen LogP contribution in [0.5, 0.6) is 5.75 Å². The minimum absolute atomic E-state index is 0.0616. The molecule has 10 heteroatoms. The fourth-order valence-corrected chi connectivity index (χ4v) is 5.00. The van der Waals surface area contributed by atoms with E-state index in [0.29, 0.717) is 37.0 Å². The highest BCUT2D eigenvalue weighted by atomic mass is 35.5. The average Bonchev–Trinajstić information content (AvgIpc) is 3.36. The molecule has 1 saturated heterocycles. The van der Waals surface area contributed by atoms with E-state index >= 15 is 0 Å². The van der Waals surface area contributed by atoms with Crippen LogP contribution in [0.2, 0.25) is 5.02 Å². The van der Waals surface area contributed by atoms with Gasteiger partial charge in [-0.05, 0) is 69.3 Å². The number of piperazine rings is 1. The lowest BCUT2D eigenvalue weighted by Gasteiger charge is -2.35. The number of carbonyl (C=O) groups excluding carboxylic acids is 2. The van der Waals surface area contributed by atoms with E-state index in [2.05, 4.69) is 4.98 Å². The van der Waals surface area contributed by atoms with Gasteiger partial charge in [0, 0.05) is 60.3 Å². The van der Waals surface area contributed by atoms with Crippen LogP contribution in [0.25, 0.3) is 33.9 Å². The van der Waals surface area contributed by atoms with Gasteiger partial charge < -0.3 is 23.8 Å². The Kier molecular flexibility index (Phi) is 8.49. The van der Waals surface area contributed by atoms with Crippen LogP contribution >= 0.6 is 11.6 Å². The van der Waals surface area contributed by atoms with Gasteiger partial charge in [-0.15, -0.1) is 0 Å². The number of benzene rings is 2. The molecule has 0 spiro atoms. The lowest BCUT2D eigenvalue weighted by atomic mass is 10.1. The van der Waals surface area contributed by atoms with Crippen LogP contribution in [-0.4, -0.2) is 75.2 Å². The molecule has 2 aromatic carbocycles. The quantitative estimate of drug-likeness (QED) is 0.274. The Morgan fingerprint density at radius 1 is 0.833 bits per heavy atom. The normalized spacial score (nSPS) is 13.6. The van der Waals surface area contributed by atoms with Crippen molar-refractivity contribution >= 4 is 23.6 Å². The number of pyridine rings is 1. The van der Waals surface area contributed by atoms with Crippen molar-refractivity contribution in [1.29, 1.82) is 0 Å². The Balaban J connectivity index is 1.52. The molecule has 0 atom stereocenters. The Morgan fingerprint density at radius 2 is 1.43 bits per heavy atom. The van der Waals surface area contributed by atoms with Crippen molar-refractivity contribution in [2.24, 2.45) is 0 Å². The first-order valence-corrected chi connectivity index (χ1v) is 14.2. The molecule has 0 aliphatic carbocycles. The average molecular weight is 588 g/mol. The topological polar surface area (TPSA) is 89.8 Å². The second-order valence-electron chi connectivity index (χ2n) is 11.0. The van der Waals surface area contributed by atoms with Crippen LogP contribution in [0.4, 0.5) is 4.79 Å². The van der Waals surface area contributed by atoms with Gasteiger partial charge in [0.2, 0.25) is 5.91 Å². The second-order valence-corrected chi connectivity index (χ2v) is 11.5. The zero-order chi connectivity index (χ0) is 29.9. The van der Waals surface area contributed by atoms with Crippen LogP contribution in [0.1, 0.15) is 20.8 Å². The van der Waals surface area contributed by atoms with Gasteiger partial charge in [0.1, 0.15) is 23.7 Å². The van der Waals surface area contributed by atoms with E-state index in [0.717, 1.165) is 33.8 Å². The van der Waals surface area contributed by atoms with Gasteiger partial charge in [-0.3, -0.25) is 9.78 Å². The van der Waals surface area contributed by atoms with Gasteiger partial charge in [0.05, 0.1) is 18.5 Å². The molecular formula is C32H34ClN5O4. The molecule has 2 aromatic heterocycles. The summed E-state index contributed by atoms with van der Waals surface area (Å²) in [6.07, 6.45) is 3.09. The van der Waals surface area contributed by atoms with Crippen LogP contribution < -0.4 is 4.74 Å². The zero-order valence-electron chi connectivity index (χ0n) is 24.2. The van der Waals surface area contributed by atoms with E-state index in [-0.39, 0.29) is 18.5 Å². The van der Waals surface area contributed by atoms with Crippen molar-refractivity contribution in [3.63, 3.8) is 0 Å². The molecule has 0 bridgehead atoms. The highest BCUT2D eigenvalue weighted by Crippen LogP contribution is 2.37. The van der Waals surface area contributed by atoms with E-state index < -0.39 is 5.60 Å². The summed E-state index contributed by atoms with van der Waals surface area (Å²) < 4.78 is 12.8. The lowest BCUT2D eigenvalue weighted by Crippen LogP contribution is -2.52. The van der Waals surface area contributed by atoms with Crippen molar-refractivity contribution in [2.45, 2.75) is 32.9 Å². The molecule has 2 amide bonds. The molecule has 3 heterocycles. The summed E-state index contributed by atoms with van der Waals surface area (Å²) in [5.74, 6) is 1.31. The minimum Gasteiger partial charge on any atom is -0.497 e. The third-order valence-electron chi connectivity index (χ3n) is 6.96.